The molecule has 1 heterocycles. The molecule has 4 rings (SSSR count). The monoisotopic (exact) mass is 458 g/mol. The molecule has 0 unspecified atom stereocenters. The highest BCUT2D eigenvalue weighted by Gasteiger charge is 2.19. The lowest BCUT2D eigenvalue weighted by Crippen LogP contribution is -2.04. The number of nitrogens with zero attached hydrogens (tertiary/aromatic N) is 2. The van der Waals surface area contributed by atoms with Gasteiger partial charge in [-0.1, -0.05) is 47.6 Å². The summed E-state index contributed by atoms with van der Waals surface area (Å²) in [5.41, 5.74) is 6.50. The largest absolute Gasteiger partial charge is 0.497 e. The SMILES string of the molecule is COc1ccc(-n2c(-c3ccccc3)cc(/C(C)=N\OCc3ccc(F)cc3)c2C)c(OC)c1. The first-order chi connectivity index (χ1) is 16.5. The van der Waals surface area contributed by atoms with Crippen LogP contribution in [0.5, 0.6) is 11.5 Å². The minimum atomic E-state index is -0.275. The molecule has 0 aliphatic carbocycles. The topological polar surface area (TPSA) is 45.0 Å². The predicted molar refractivity (Wildman–Crippen MR) is 132 cm³/mol. The third kappa shape index (κ3) is 4.81. The average molecular weight is 459 g/mol. The third-order valence-corrected chi connectivity index (χ3v) is 5.68. The zero-order chi connectivity index (χ0) is 24.1. The van der Waals surface area contributed by atoms with Crippen molar-refractivity contribution >= 4 is 5.71 Å². The number of halogens is 1. The minimum absolute atomic E-state index is 0.259. The van der Waals surface area contributed by atoms with Gasteiger partial charge in [0.1, 0.15) is 23.9 Å². The highest BCUT2D eigenvalue weighted by atomic mass is 19.1. The number of benzene rings is 3. The van der Waals surface area contributed by atoms with Gasteiger partial charge in [0.05, 0.1) is 31.3 Å². The van der Waals surface area contributed by atoms with E-state index in [0.29, 0.717) is 5.75 Å². The minimum Gasteiger partial charge on any atom is -0.497 e. The summed E-state index contributed by atoms with van der Waals surface area (Å²) in [6, 6.07) is 24.2. The molecule has 0 atom stereocenters. The smallest absolute Gasteiger partial charge is 0.146 e. The summed E-state index contributed by atoms with van der Waals surface area (Å²) in [6.07, 6.45) is 0. The Morgan fingerprint density at radius 3 is 2.32 bits per heavy atom. The summed E-state index contributed by atoms with van der Waals surface area (Å²) in [7, 11) is 3.28. The molecule has 1 aromatic heterocycles. The van der Waals surface area contributed by atoms with Crippen LogP contribution in [0, 0.1) is 12.7 Å². The van der Waals surface area contributed by atoms with Crippen molar-refractivity contribution in [3.63, 3.8) is 0 Å². The number of hydrogen-bond acceptors (Lipinski definition) is 4. The van der Waals surface area contributed by atoms with E-state index in [1.807, 2.05) is 50.2 Å². The first-order valence-corrected chi connectivity index (χ1v) is 10.9. The van der Waals surface area contributed by atoms with Crippen LogP contribution in [0.15, 0.2) is 84.0 Å². The van der Waals surface area contributed by atoms with Crippen molar-refractivity contribution in [1.82, 2.24) is 4.57 Å². The Labute approximate surface area is 199 Å². The molecule has 0 fully saturated rings. The Bertz CT molecular complexity index is 1300. The molecule has 0 radical (unpaired) electrons. The van der Waals surface area contributed by atoms with Gasteiger partial charge in [-0.15, -0.1) is 0 Å². The van der Waals surface area contributed by atoms with Crippen LogP contribution in [0.1, 0.15) is 23.7 Å². The lowest BCUT2D eigenvalue weighted by atomic mass is 10.1. The van der Waals surface area contributed by atoms with Crippen molar-refractivity contribution in [2.24, 2.45) is 5.16 Å². The molecular formula is C28H27FN2O3. The quantitative estimate of drug-likeness (QED) is 0.222. The maximum absolute atomic E-state index is 13.1. The number of methoxy groups -OCH3 is 2. The maximum atomic E-state index is 13.1. The first kappa shape index (κ1) is 23.1. The van der Waals surface area contributed by atoms with Crippen molar-refractivity contribution in [2.45, 2.75) is 20.5 Å². The standard InChI is InChI=1S/C28H27FN2O3/c1-19(30-34-18-21-10-12-23(29)13-11-21)25-17-27(22-8-6-5-7-9-22)31(20(25)2)26-15-14-24(32-3)16-28(26)33-4/h5-17H,18H2,1-4H3/b30-19-. The zero-order valence-electron chi connectivity index (χ0n) is 19.7. The second-order valence-corrected chi connectivity index (χ2v) is 7.84. The normalized spacial score (nSPS) is 11.4. The molecule has 174 valence electrons. The molecule has 0 N–H and O–H groups in total. The molecule has 0 amide bonds. The van der Waals surface area contributed by atoms with E-state index in [2.05, 4.69) is 27.9 Å². The predicted octanol–water partition coefficient (Wildman–Crippen LogP) is 6.55. The molecule has 3 aromatic carbocycles. The molecule has 0 saturated carbocycles. The van der Waals surface area contributed by atoms with Crippen molar-refractivity contribution in [3.8, 4) is 28.4 Å². The van der Waals surface area contributed by atoms with Crippen LogP contribution in [-0.2, 0) is 11.4 Å². The summed E-state index contributed by atoms with van der Waals surface area (Å²) in [5.74, 6) is 1.14. The van der Waals surface area contributed by atoms with Gasteiger partial charge in [0.2, 0.25) is 0 Å². The average Bonchev–Trinajstić information content (AvgIpc) is 3.22. The Hall–Kier alpha value is -4.06. The fourth-order valence-electron chi connectivity index (χ4n) is 3.91. The van der Waals surface area contributed by atoms with Gasteiger partial charge in [-0.05, 0) is 55.3 Å². The summed E-state index contributed by atoms with van der Waals surface area (Å²) in [6.45, 7) is 4.22. The molecule has 4 aromatic rings. The van der Waals surface area contributed by atoms with Crippen LogP contribution in [0.4, 0.5) is 4.39 Å². The van der Waals surface area contributed by atoms with Crippen molar-refractivity contribution in [2.75, 3.05) is 14.2 Å². The lowest BCUT2D eigenvalue weighted by Gasteiger charge is -2.16. The van der Waals surface area contributed by atoms with Crippen LogP contribution in [0.25, 0.3) is 16.9 Å². The van der Waals surface area contributed by atoms with E-state index in [1.54, 1.807) is 26.4 Å². The molecule has 0 spiro atoms. The Kier molecular flexibility index (Phi) is 6.97. The third-order valence-electron chi connectivity index (χ3n) is 5.68. The van der Waals surface area contributed by atoms with Gasteiger partial charge in [0, 0.05) is 17.3 Å². The molecule has 6 heteroatoms. The van der Waals surface area contributed by atoms with E-state index in [4.69, 9.17) is 14.3 Å². The second kappa shape index (κ2) is 10.3. The van der Waals surface area contributed by atoms with Gasteiger partial charge in [0.25, 0.3) is 0 Å². The summed E-state index contributed by atoms with van der Waals surface area (Å²) < 4.78 is 26.4. The molecule has 0 aliphatic rings. The van der Waals surface area contributed by atoms with Crippen LogP contribution in [-0.4, -0.2) is 24.5 Å². The Morgan fingerprint density at radius 2 is 1.65 bits per heavy atom. The number of oxime groups is 1. The Morgan fingerprint density at radius 1 is 0.912 bits per heavy atom. The van der Waals surface area contributed by atoms with E-state index in [0.717, 1.165) is 45.2 Å². The van der Waals surface area contributed by atoms with Crippen LogP contribution in [0.2, 0.25) is 0 Å². The van der Waals surface area contributed by atoms with Gasteiger partial charge >= 0.3 is 0 Å². The van der Waals surface area contributed by atoms with E-state index < -0.39 is 0 Å². The zero-order valence-corrected chi connectivity index (χ0v) is 19.7. The lowest BCUT2D eigenvalue weighted by molar-refractivity contribution is 0.130. The van der Waals surface area contributed by atoms with E-state index in [9.17, 15) is 4.39 Å². The van der Waals surface area contributed by atoms with Gasteiger partial charge in [-0.2, -0.15) is 0 Å². The molecule has 0 aliphatic heterocycles. The van der Waals surface area contributed by atoms with Gasteiger partial charge in [0.15, 0.2) is 0 Å². The van der Waals surface area contributed by atoms with Crippen molar-refractivity contribution < 1.29 is 18.7 Å². The number of aromatic nitrogens is 1. The van der Waals surface area contributed by atoms with Crippen LogP contribution < -0.4 is 9.47 Å². The van der Waals surface area contributed by atoms with E-state index >= 15 is 0 Å². The fraction of sp³-hybridized carbons (Fsp3) is 0.179. The van der Waals surface area contributed by atoms with E-state index in [-0.39, 0.29) is 12.4 Å². The highest BCUT2D eigenvalue weighted by Crippen LogP contribution is 2.35. The Balaban J connectivity index is 1.75. The summed E-state index contributed by atoms with van der Waals surface area (Å²) in [5, 5.41) is 4.34. The van der Waals surface area contributed by atoms with Gasteiger partial charge < -0.3 is 18.9 Å². The first-order valence-electron chi connectivity index (χ1n) is 10.9. The molecule has 5 nitrogen and oxygen atoms in total. The summed E-state index contributed by atoms with van der Waals surface area (Å²) >= 11 is 0. The maximum Gasteiger partial charge on any atom is 0.146 e. The van der Waals surface area contributed by atoms with Gasteiger partial charge in [-0.25, -0.2) is 4.39 Å². The molecular weight excluding hydrogens is 431 g/mol. The van der Waals surface area contributed by atoms with E-state index in [1.165, 1.54) is 12.1 Å². The van der Waals surface area contributed by atoms with Crippen LogP contribution >= 0.6 is 0 Å². The molecule has 34 heavy (non-hydrogen) atoms. The second-order valence-electron chi connectivity index (χ2n) is 7.84. The van der Waals surface area contributed by atoms with Gasteiger partial charge in [-0.3, -0.25) is 0 Å². The number of rotatable bonds is 8. The molecule has 0 bridgehead atoms. The van der Waals surface area contributed by atoms with Crippen LogP contribution in [0.3, 0.4) is 0 Å². The van der Waals surface area contributed by atoms with Crippen molar-refractivity contribution in [3.05, 3.63) is 102 Å². The fourth-order valence-corrected chi connectivity index (χ4v) is 3.91. The number of ether oxygens (including phenoxy) is 2. The summed E-state index contributed by atoms with van der Waals surface area (Å²) in [4.78, 5) is 5.58. The number of hydrogen-bond donors (Lipinski definition) is 0. The highest BCUT2D eigenvalue weighted by molar-refractivity contribution is 6.01. The van der Waals surface area contributed by atoms with Crippen molar-refractivity contribution in [1.29, 1.82) is 0 Å². The molecule has 0 saturated heterocycles.